The fourth-order valence-electron chi connectivity index (χ4n) is 2.74. The van der Waals surface area contributed by atoms with Gasteiger partial charge in [0.25, 0.3) is 0 Å². The van der Waals surface area contributed by atoms with Gasteiger partial charge in [0.15, 0.2) is 11.6 Å². The van der Waals surface area contributed by atoms with E-state index in [1.54, 1.807) is 4.68 Å². The Morgan fingerprint density at radius 1 is 1.12 bits per heavy atom. The molecule has 8 nitrogen and oxygen atoms in total. The molecule has 0 aliphatic carbocycles. The summed E-state index contributed by atoms with van der Waals surface area (Å²) >= 11 is 0. The van der Waals surface area contributed by atoms with Gasteiger partial charge in [-0.2, -0.15) is 5.10 Å². The molecule has 0 bridgehead atoms. The highest BCUT2D eigenvalue weighted by molar-refractivity contribution is 5.77. The van der Waals surface area contributed by atoms with Crippen molar-refractivity contribution in [1.29, 1.82) is 0 Å². The van der Waals surface area contributed by atoms with Crippen molar-refractivity contribution in [2.75, 3.05) is 44.2 Å². The summed E-state index contributed by atoms with van der Waals surface area (Å²) in [4.78, 5) is 16.0. The molecule has 2 aromatic rings. The van der Waals surface area contributed by atoms with Crippen LogP contribution in [0.25, 0.3) is 5.82 Å². The lowest BCUT2D eigenvalue weighted by molar-refractivity contribution is -0.122. The van der Waals surface area contributed by atoms with Crippen LogP contribution in [0.4, 0.5) is 5.82 Å². The van der Waals surface area contributed by atoms with Crippen LogP contribution in [-0.4, -0.2) is 70.1 Å². The number of aryl methyl sites for hydroxylation is 1. The molecule has 1 aliphatic heterocycles. The highest BCUT2D eigenvalue weighted by Gasteiger charge is 2.20. The lowest BCUT2D eigenvalue weighted by Gasteiger charge is -2.34. The van der Waals surface area contributed by atoms with Crippen LogP contribution in [0.1, 0.15) is 12.6 Å². The molecule has 3 rings (SSSR count). The van der Waals surface area contributed by atoms with Gasteiger partial charge in [0.2, 0.25) is 5.91 Å². The molecule has 1 saturated heterocycles. The summed E-state index contributed by atoms with van der Waals surface area (Å²) in [5.41, 5.74) is 0.948. The number of likely N-dealkylation sites (N-methyl/N-ethyl adjacent to an activating group) is 1. The molecular weight excluding hydrogens is 306 g/mol. The molecular formula is C16H23N7O. The van der Waals surface area contributed by atoms with Crippen LogP contribution < -0.4 is 10.2 Å². The van der Waals surface area contributed by atoms with E-state index >= 15 is 0 Å². The first-order valence-corrected chi connectivity index (χ1v) is 8.26. The third-order valence-corrected chi connectivity index (χ3v) is 4.03. The second kappa shape index (κ2) is 7.39. The third-order valence-electron chi connectivity index (χ3n) is 4.03. The summed E-state index contributed by atoms with van der Waals surface area (Å²) in [5.74, 6) is 1.66. The summed E-state index contributed by atoms with van der Waals surface area (Å²) < 4.78 is 1.72. The van der Waals surface area contributed by atoms with Crippen LogP contribution in [0, 0.1) is 6.92 Å². The molecule has 0 unspecified atom stereocenters. The molecule has 0 radical (unpaired) electrons. The number of rotatable bonds is 5. The molecule has 24 heavy (non-hydrogen) atoms. The standard InChI is InChI=1S/C16H23N7O/c1-3-17-16(24)12-21-8-10-22(11-9-21)14-4-5-15(19-18-14)23-7-6-13(2)20-23/h4-7H,3,8-12H2,1-2H3,(H,17,24). The average molecular weight is 329 g/mol. The smallest absolute Gasteiger partial charge is 0.234 e. The van der Waals surface area contributed by atoms with Crippen molar-refractivity contribution >= 4 is 11.7 Å². The molecule has 1 fully saturated rings. The Labute approximate surface area is 141 Å². The summed E-state index contributed by atoms with van der Waals surface area (Å²) in [6.45, 7) is 8.39. The lowest BCUT2D eigenvalue weighted by atomic mass is 10.3. The maximum atomic E-state index is 11.6. The molecule has 0 spiro atoms. The number of anilines is 1. The van der Waals surface area contributed by atoms with Crippen molar-refractivity contribution in [3.05, 3.63) is 30.1 Å². The van der Waals surface area contributed by atoms with E-state index < -0.39 is 0 Å². The predicted octanol–water partition coefficient (Wildman–Crippen LogP) is 0.229. The first kappa shape index (κ1) is 16.4. The van der Waals surface area contributed by atoms with Crippen molar-refractivity contribution in [2.45, 2.75) is 13.8 Å². The lowest BCUT2D eigenvalue weighted by Crippen LogP contribution is -2.49. The summed E-state index contributed by atoms with van der Waals surface area (Å²) in [5, 5.41) is 15.7. The Bertz CT molecular complexity index is 674. The minimum atomic E-state index is 0.0876. The topological polar surface area (TPSA) is 79.2 Å². The zero-order valence-corrected chi connectivity index (χ0v) is 14.1. The van der Waals surface area contributed by atoms with E-state index in [4.69, 9.17) is 0 Å². The van der Waals surface area contributed by atoms with Crippen LogP contribution in [0.2, 0.25) is 0 Å². The Balaban J connectivity index is 1.56. The van der Waals surface area contributed by atoms with Crippen molar-refractivity contribution in [1.82, 2.24) is 30.2 Å². The van der Waals surface area contributed by atoms with Crippen LogP contribution in [0.3, 0.4) is 0 Å². The van der Waals surface area contributed by atoms with Crippen molar-refractivity contribution in [2.24, 2.45) is 0 Å². The van der Waals surface area contributed by atoms with Gasteiger partial charge in [0.05, 0.1) is 12.2 Å². The van der Waals surface area contributed by atoms with Crippen LogP contribution >= 0.6 is 0 Å². The molecule has 1 N–H and O–H groups in total. The quantitative estimate of drug-likeness (QED) is 0.846. The first-order valence-electron chi connectivity index (χ1n) is 8.26. The molecule has 8 heteroatoms. The van der Waals surface area contributed by atoms with Crippen LogP contribution in [0.15, 0.2) is 24.4 Å². The fourth-order valence-corrected chi connectivity index (χ4v) is 2.74. The van der Waals surface area contributed by atoms with Gasteiger partial charge in [0.1, 0.15) is 0 Å². The zero-order chi connectivity index (χ0) is 16.9. The number of carbonyl (C=O) groups excluding carboxylic acids is 1. The van der Waals surface area contributed by atoms with Gasteiger partial charge in [-0.05, 0) is 32.0 Å². The Hall–Kier alpha value is -2.48. The Morgan fingerprint density at radius 2 is 1.83 bits per heavy atom. The van der Waals surface area contributed by atoms with Gasteiger partial charge in [-0.15, -0.1) is 10.2 Å². The molecule has 2 aromatic heterocycles. The number of hydrogen-bond donors (Lipinski definition) is 1. The minimum absolute atomic E-state index is 0.0876. The number of nitrogens with zero attached hydrogens (tertiary/aromatic N) is 6. The largest absolute Gasteiger partial charge is 0.355 e. The number of amides is 1. The van der Waals surface area contributed by atoms with E-state index in [-0.39, 0.29) is 5.91 Å². The monoisotopic (exact) mass is 329 g/mol. The van der Waals surface area contributed by atoms with E-state index in [2.05, 4.69) is 30.4 Å². The number of piperazine rings is 1. The van der Waals surface area contributed by atoms with Crippen molar-refractivity contribution < 1.29 is 4.79 Å². The van der Waals surface area contributed by atoms with Gasteiger partial charge < -0.3 is 10.2 Å². The van der Waals surface area contributed by atoms with Crippen molar-refractivity contribution in [3.8, 4) is 5.82 Å². The minimum Gasteiger partial charge on any atom is -0.355 e. The molecule has 128 valence electrons. The highest BCUT2D eigenvalue weighted by atomic mass is 16.2. The van der Waals surface area contributed by atoms with Gasteiger partial charge in [-0.25, -0.2) is 4.68 Å². The molecule has 0 saturated carbocycles. The van der Waals surface area contributed by atoms with E-state index in [0.29, 0.717) is 18.9 Å². The Kier molecular flexibility index (Phi) is 5.05. The molecule has 1 aliphatic rings. The third kappa shape index (κ3) is 3.88. The summed E-state index contributed by atoms with van der Waals surface area (Å²) in [6, 6.07) is 5.83. The maximum Gasteiger partial charge on any atom is 0.234 e. The van der Waals surface area contributed by atoms with Gasteiger partial charge >= 0.3 is 0 Å². The predicted molar refractivity (Wildman–Crippen MR) is 91.2 cm³/mol. The first-order chi connectivity index (χ1) is 11.7. The van der Waals surface area contributed by atoms with Gasteiger partial charge in [-0.3, -0.25) is 9.69 Å². The van der Waals surface area contributed by atoms with E-state index in [0.717, 1.165) is 37.7 Å². The summed E-state index contributed by atoms with van der Waals surface area (Å²) in [6.07, 6.45) is 1.87. The number of hydrogen-bond acceptors (Lipinski definition) is 6. The van der Waals surface area contributed by atoms with Crippen LogP contribution in [-0.2, 0) is 4.79 Å². The SMILES string of the molecule is CCNC(=O)CN1CCN(c2ccc(-n3ccc(C)n3)nn2)CC1. The summed E-state index contributed by atoms with van der Waals surface area (Å²) in [7, 11) is 0. The van der Waals surface area contributed by atoms with Gasteiger partial charge in [0, 0.05) is 38.9 Å². The van der Waals surface area contributed by atoms with Crippen LogP contribution in [0.5, 0.6) is 0 Å². The maximum absolute atomic E-state index is 11.6. The second-order valence-electron chi connectivity index (χ2n) is 5.87. The average Bonchev–Trinajstić information content (AvgIpc) is 3.02. The zero-order valence-electron chi connectivity index (χ0n) is 14.1. The van der Waals surface area contributed by atoms with E-state index in [1.807, 2.05) is 38.2 Å². The fraction of sp³-hybridized carbons (Fsp3) is 0.500. The van der Waals surface area contributed by atoms with Crippen molar-refractivity contribution in [3.63, 3.8) is 0 Å². The highest BCUT2D eigenvalue weighted by Crippen LogP contribution is 2.14. The molecule has 1 amide bonds. The van der Waals surface area contributed by atoms with E-state index in [1.165, 1.54) is 0 Å². The number of nitrogens with one attached hydrogen (secondary N) is 1. The molecule has 0 aromatic carbocycles. The number of aromatic nitrogens is 4. The number of carbonyl (C=O) groups is 1. The second-order valence-corrected chi connectivity index (χ2v) is 5.87. The van der Waals surface area contributed by atoms with E-state index in [9.17, 15) is 4.79 Å². The molecule has 0 atom stereocenters. The normalized spacial score (nSPS) is 15.5. The van der Waals surface area contributed by atoms with Gasteiger partial charge in [-0.1, -0.05) is 0 Å². The Morgan fingerprint density at radius 3 is 2.42 bits per heavy atom. The molecule has 3 heterocycles.